The lowest BCUT2D eigenvalue weighted by molar-refractivity contribution is -0.198. The molecule has 0 radical (unpaired) electrons. The number of hydrogen-bond acceptors (Lipinski definition) is 5. The van der Waals surface area contributed by atoms with Crippen molar-refractivity contribution in [3.63, 3.8) is 0 Å². The molecule has 1 aliphatic carbocycles. The van der Waals surface area contributed by atoms with Crippen molar-refractivity contribution in [1.82, 2.24) is 0 Å². The summed E-state index contributed by atoms with van der Waals surface area (Å²) in [5, 5.41) is 2.43. The lowest BCUT2D eigenvalue weighted by atomic mass is 9.93. The molecule has 0 aromatic heterocycles. The van der Waals surface area contributed by atoms with Crippen LogP contribution in [0.5, 0.6) is 0 Å². The van der Waals surface area contributed by atoms with Gasteiger partial charge in [-0.15, -0.1) is 0 Å². The highest BCUT2D eigenvalue weighted by Gasteiger charge is 2.55. The molecule has 2 aromatic rings. The molecule has 0 bridgehead atoms. The number of carbonyl (C=O) groups excluding carboxylic acids is 1. The normalized spacial score (nSPS) is 29.1. The van der Waals surface area contributed by atoms with Crippen LogP contribution in [-0.4, -0.2) is 46.0 Å². The Morgan fingerprint density at radius 2 is 1.63 bits per heavy atom. The largest absolute Gasteiger partial charge is 0.462 e. The van der Waals surface area contributed by atoms with Crippen LogP contribution in [0.25, 0.3) is 0 Å². The summed E-state index contributed by atoms with van der Waals surface area (Å²) in [7, 11) is -2.67. The van der Waals surface area contributed by atoms with Gasteiger partial charge in [-0.1, -0.05) is 81.4 Å². The Balaban J connectivity index is 1.47. The highest BCUT2D eigenvalue weighted by molar-refractivity contribution is 6.99. The molecule has 2 aliphatic heterocycles. The Kier molecular flexibility index (Phi) is 7.17. The molecule has 35 heavy (non-hydrogen) atoms. The van der Waals surface area contributed by atoms with Crippen molar-refractivity contribution in [3.05, 3.63) is 60.7 Å². The molecule has 5 nitrogen and oxygen atoms in total. The third-order valence-electron chi connectivity index (χ3n) is 8.03. The van der Waals surface area contributed by atoms with Gasteiger partial charge in [0.25, 0.3) is 8.32 Å². The summed E-state index contributed by atoms with van der Waals surface area (Å²) in [6.07, 6.45) is 4.04. The molecule has 3 aliphatic rings. The lowest BCUT2D eigenvalue weighted by Crippen LogP contribution is -2.67. The first kappa shape index (κ1) is 24.7. The van der Waals surface area contributed by atoms with Crippen LogP contribution < -0.4 is 10.4 Å². The quantitative estimate of drug-likeness (QED) is 0.421. The van der Waals surface area contributed by atoms with Crippen LogP contribution in [-0.2, 0) is 23.4 Å². The van der Waals surface area contributed by atoms with Crippen molar-refractivity contribution in [2.24, 2.45) is 11.8 Å². The predicted molar refractivity (Wildman–Crippen MR) is 138 cm³/mol. The number of carbonyl (C=O) groups is 1. The molecule has 3 fully saturated rings. The molecule has 0 spiro atoms. The van der Waals surface area contributed by atoms with Gasteiger partial charge in [0.1, 0.15) is 6.10 Å². The lowest BCUT2D eigenvalue weighted by Gasteiger charge is -2.44. The Morgan fingerprint density at radius 3 is 2.20 bits per heavy atom. The first-order valence-electron chi connectivity index (χ1n) is 13.1. The summed E-state index contributed by atoms with van der Waals surface area (Å²) in [4.78, 5) is 12.2. The van der Waals surface area contributed by atoms with Crippen LogP contribution >= 0.6 is 0 Å². The zero-order chi connectivity index (χ0) is 24.5. The van der Waals surface area contributed by atoms with E-state index in [1.165, 1.54) is 10.4 Å². The van der Waals surface area contributed by atoms with E-state index in [9.17, 15) is 4.79 Å². The SMILES string of the molecule is CC(C)(C)[Si](OC[C@@H]1[C@H]2CC(=O)O[C@H]2C[C@H]1OC1CCCCO1)(c1ccccc1)c1ccccc1. The Labute approximate surface area is 210 Å². The highest BCUT2D eigenvalue weighted by atomic mass is 28.4. The van der Waals surface area contributed by atoms with E-state index in [2.05, 4.69) is 81.4 Å². The van der Waals surface area contributed by atoms with E-state index in [-0.39, 0.29) is 41.3 Å². The van der Waals surface area contributed by atoms with Crippen LogP contribution in [0.3, 0.4) is 0 Å². The van der Waals surface area contributed by atoms with E-state index in [1.54, 1.807) is 0 Å². The molecule has 1 unspecified atom stereocenters. The van der Waals surface area contributed by atoms with E-state index in [1.807, 2.05) is 0 Å². The summed E-state index contributed by atoms with van der Waals surface area (Å²) in [5.41, 5.74) is 0. The number of esters is 1. The molecular formula is C29H38O5Si. The summed E-state index contributed by atoms with van der Waals surface area (Å²) in [6.45, 7) is 8.18. The number of rotatable bonds is 7. The van der Waals surface area contributed by atoms with Gasteiger partial charge in [0.15, 0.2) is 6.29 Å². The van der Waals surface area contributed by atoms with Gasteiger partial charge in [-0.2, -0.15) is 0 Å². The first-order valence-corrected chi connectivity index (χ1v) is 15.0. The molecule has 5 atom stereocenters. The zero-order valence-electron chi connectivity index (χ0n) is 21.2. The second-order valence-corrected chi connectivity index (χ2v) is 15.5. The number of fused-ring (bicyclic) bond motifs is 1. The van der Waals surface area contributed by atoms with E-state index in [0.29, 0.717) is 13.0 Å². The maximum atomic E-state index is 12.2. The van der Waals surface area contributed by atoms with Crippen LogP contribution in [0.2, 0.25) is 5.04 Å². The number of benzene rings is 2. The molecule has 188 valence electrons. The molecule has 0 amide bonds. The highest BCUT2D eigenvalue weighted by Crippen LogP contribution is 2.45. The molecule has 1 saturated carbocycles. The third kappa shape index (κ3) is 4.86. The minimum Gasteiger partial charge on any atom is -0.462 e. The van der Waals surface area contributed by atoms with Crippen molar-refractivity contribution in [2.75, 3.05) is 13.2 Å². The van der Waals surface area contributed by atoms with Crippen LogP contribution in [0, 0.1) is 11.8 Å². The summed E-state index contributed by atoms with van der Waals surface area (Å²) in [5.74, 6) is 0.135. The average Bonchev–Trinajstić information content (AvgIpc) is 3.36. The Bertz CT molecular complexity index is 944. The van der Waals surface area contributed by atoms with E-state index < -0.39 is 8.32 Å². The fourth-order valence-corrected chi connectivity index (χ4v) is 10.9. The fourth-order valence-electron chi connectivity index (χ4n) is 6.34. The molecule has 5 rings (SSSR count). The van der Waals surface area contributed by atoms with Crippen LogP contribution in [0.15, 0.2) is 60.7 Å². The average molecular weight is 495 g/mol. The van der Waals surface area contributed by atoms with Gasteiger partial charge in [-0.05, 0) is 34.7 Å². The standard InChI is InChI=1S/C29H38O5Si/c1-29(2,3)35(21-12-6-4-7-13-21,22-14-8-5-9-15-22)32-20-24-23-18-27(30)33-25(23)19-26(24)34-28-16-10-11-17-31-28/h4-9,12-15,23-26,28H,10-11,16-20H2,1-3H3/t23-,24-,25+,26-,28?/m1/s1. The Hall–Kier alpha value is -1.99. The van der Waals surface area contributed by atoms with Gasteiger partial charge < -0.3 is 18.6 Å². The van der Waals surface area contributed by atoms with Gasteiger partial charge >= 0.3 is 5.97 Å². The smallest absolute Gasteiger partial charge is 0.306 e. The second kappa shape index (κ2) is 10.2. The van der Waals surface area contributed by atoms with Crippen LogP contribution in [0.1, 0.15) is 52.9 Å². The topological polar surface area (TPSA) is 54.0 Å². The number of ether oxygens (including phenoxy) is 3. The second-order valence-electron chi connectivity index (χ2n) is 11.2. The van der Waals surface area contributed by atoms with Crippen molar-refractivity contribution in [2.45, 2.75) is 76.4 Å². The molecule has 2 aromatic carbocycles. The van der Waals surface area contributed by atoms with Crippen molar-refractivity contribution < 1.29 is 23.4 Å². The molecule has 2 saturated heterocycles. The van der Waals surface area contributed by atoms with Gasteiger partial charge in [-0.3, -0.25) is 4.79 Å². The fraction of sp³-hybridized carbons (Fsp3) is 0.552. The van der Waals surface area contributed by atoms with E-state index in [0.717, 1.165) is 32.3 Å². The van der Waals surface area contributed by atoms with Crippen molar-refractivity contribution in [1.29, 1.82) is 0 Å². The molecule has 0 N–H and O–H groups in total. The minimum atomic E-state index is -2.67. The predicted octanol–water partition coefficient (Wildman–Crippen LogP) is 4.43. The summed E-state index contributed by atoms with van der Waals surface area (Å²) >= 11 is 0. The zero-order valence-corrected chi connectivity index (χ0v) is 22.2. The maximum absolute atomic E-state index is 12.2. The molecule has 2 heterocycles. The van der Waals surface area contributed by atoms with Crippen molar-refractivity contribution >= 4 is 24.7 Å². The first-order chi connectivity index (χ1) is 16.9. The maximum Gasteiger partial charge on any atom is 0.306 e. The Morgan fingerprint density at radius 1 is 0.971 bits per heavy atom. The summed E-state index contributed by atoms with van der Waals surface area (Å²) < 4.78 is 25.4. The molecular weight excluding hydrogens is 456 g/mol. The number of hydrogen-bond donors (Lipinski definition) is 0. The summed E-state index contributed by atoms with van der Waals surface area (Å²) in [6, 6.07) is 21.4. The molecule has 6 heteroatoms. The third-order valence-corrected chi connectivity index (χ3v) is 13.0. The minimum absolute atomic E-state index is 0.0283. The van der Waals surface area contributed by atoms with E-state index in [4.69, 9.17) is 18.6 Å². The van der Waals surface area contributed by atoms with Gasteiger partial charge in [0.05, 0.1) is 12.5 Å². The van der Waals surface area contributed by atoms with Gasteiger partial charge in [-0.25, -0.2) is 0 Å². The van der Waals surface area contributed by atoms with Gasteiger partial charge in [0, 0.05) is 31.5 Å². The van der Waals surface area contributed by atoms with Crippen molar-refractivity contribution in [3.8, 4) is 0 Å². The monoisotopic (exact) mass is 494 g/mol. The van der Waals surface area contributed by atoms with Crippen LogP contribution in [0.4, 0.5) is 0 Å². The van der Waals surface area contributed by atoms with E-state index >= 15 is 0 Å². The van der Waals surface area contributed by atoms with Gasteiger partial charge in [0.2, 0.25) is 0 Å².